The van der Waals surface area contributed by atoms with Crippen LogP contribution in [0.1, 0.15) is 26.2 Å². The minimum Gasteiger partial charge on any atom is -0.312 e. The van der Waals surface area contributed by atoms with E-state index in [4.69, 9.17) is 0 Å². The number of nitrogens with one attached hydrogen (secondary N) is 1. The van der Waals surface area contributed by atoms with E-state index < -0.39 is 5.54 Å². The zero-order valence-corrected chi connectivity index (χ0v) is 10.4. The van der Waals surface area contributed by atoms with E-state index >= 15 is 0 Å². The predicted molar refractivity (Wildman–Crippen MR) is 67.9 cm³/mol. The topological polar surface area (TPSA) is 45.2 Å². The molecule has 1 aromatic heterocycles. The standard InChI is InChI=1S/C13H19N3O/c1-13(7-3-4-9-15-13)12(17)16(2)11-6-5-8-14-10-11/h5-6,8,10,15H,3-4,7,9H2,1-2H3. The Bertz CT molecular complexity index is 385. The quantitative estimate of drug-likeness (QED) is 0.843. The molecule has 0 saturated carbocycles. The summed E-state index contributed by atoms with van der Waals surface area (Å²) in [6.07, 6.45) is 6.58. The summed E-state index contributed by atoms with van der Waals surface area (Å²) in [5, 5.41) is 3.33. The van der Waals surface area contributed by atoms with Crippen molar-refractivity contribution in [3.8, 4) is 0 Å². The largest absolute Gasteiger partial charge is 0.312 e. The second kappa shape index (κ2) is 4.84. The Morgan fingerprint density at radius 2 is 2.35 bits per heavy atom. The summed E-state index contributed by atoms with van der Waals surface area (Å²) in [6.45, 7) is 2.91. The number of rotatable bonds is 2. The average Bonchev–Trinajstić information content (AvgIpc) is 2.39. The van der Waals surface area contributed by atoms with Crippen LogP contribution in [0, 0.1) is 0 Å². The van der Waals surface area contributed by atoms with Crippen LogP contribution in [0.5, 0.6) is 0 Å². The number of hydrogen-bond acceptors (Lipinski definition) is 3. The summed E-state index contributed by atoms with van der Waals surface area (Å²) >= 11 is 0. The third kappa shape index (κ3) is 2.47. The highest BCUT2D eigenvalue weighted by atomic mass is 16.2. The van der Waals surface area contributed by atoms with Crippen molar-refractivity contribution >= 4 is 11.6 Å². The van der Waals surface area contributed by atoms with Gasteiger partial charge in [-0.25, -0.2) is 0 Å². The van der Waals surface area contributed by atoms with Crippen LogP contribution < -0.4 is 10.2 Å². The normalized spacial score (nSPS) is 24.4. The molecule has 1 atom stereocenters. The van der Waals surface area contributed by atoms with Crippen LogP contribution in [-0.2, 0) is 4.79 Å². The van der Waals surface area contributed by atoms with E-state index in [-0.39, 0.29) is 5.91 Å². The van der Waals surface area contributed by atoms with Crippen LogP contribution in [0.2, 0.25) is 0 Å². The molecule has 92 valence electrons. The zero-order valence-electron chi connectivity index (χ0n) is 10.4. The van der Waals surface area contributed by atoms with Gasteiger partial charge in [-0.1, -0.05) is 0 Å². The van der Waals surface area contributed by atoms with E-state index in [1.165, 1.54) is 0 Å². The average molecular weight is 233 g/mol. The van der Waals surface area contributed by atoms with Gasteiger partial charge in [0.2, 0.25) is 5.91 Å². The lowest BCUT2D eigenvalue weighted by atomic mass is 9.89. The minimum absolute atomic E-state index is 0.116. The molecule has 1 aliphatic heterocycles. The maximum absolute atomic E-state index is 12.5. The highest BCUT2D eigenvalue weighted by molar-refractivity contribution is 5.99. The summed E-state index contributed by atoms with van der Waals surface area (Å²) in [4.78, 5) is 18.2. The van der Waals surface area contributed by atoms with Crippen molar-refractivity contribution in [3.05, 3.63) is 24.5 Å². The van der Waals surface area contributed by atoms with Gasteiger partial charge >= 0.3 is 0 Å². The van der Waals surface area contributed by atoms with Gasteiger partial charge < -0.3 is 10.2 Å². The van der Waals surface area contributed by atoms with Crippen molar-refractivity contribution in [2.45, 2.75) is 31.7 Å². The van der Waals surface area contributed by atoms with Crippen LogP contribution in [0.25, 0.3) is 0 Å². The first-order valence-corrected chi connectivity index (χ1v) is 6.07. The molecule has 0 aliphatic carbocycles. The highest BCUT2D eigenvalue weighted by Gasteiger charge is 2.36. The number of anilines is 1. The first-order valence-electron chi connectivity index (χ1n) is 6.07. The van der Waals surface area contributed by atoms with E-state index in [9.17, 15) is 4.79 Å². The van der Waals surface area contributed by atoms with Crippen molar-refractivity contribution in [3.63, 3.8) is 0 Å². The molecule has 0 bridgehead atoms. The van der Waals surface area contributed by atoms with E-state index in [1.807, 2.05) is 19.1 Å². The van der Waals surface area contributed by atoms with Gasteiger partial charge in [-0.05, 0) is 44.9 Å². The summed E-state index contributed by atoms with van der Waals surface area (Å²) < 4.78 is 0. The molecular weight excluding hydrogens is 214 g/mol. The molecule has 0 spiro atoms. The van der Waals surface area contributed by atoms with Crippen LogP contribution in [0.3, 0.4) is 0 Å². The summed E-state index contributed by atoms with van der Waals surface area (Å²) in [5.74, 6) is 0.116. The summed E-state index contributed by atoms with van der Waals surface area (Å²) in [7, 11) is 1.81. The molecule has 4 nitrogen and oxygen atoms in total. The lowest BCUT2D eigenvalue weighted by Crippen LogP contribution is -2.57. The van der Waals surface area contributed by atoms with Gasteiger partial charge in [0.25, 0.3) is 0 Å². The van der Waals surface area contributed by atoms with Crippen molar-refractivity contribution in [1.29, 1.82) is 0 Å². The number of carbonyl (C=O) groups is 1. The Balaban J connectivity index is 2.14. The smallest absolute Gasteiger partial charge is 0.246 e. The number of amides is 1. The molecule has 1 aliphatic rings. The van der Waals surface area contributed by atoms with Crippen molar-refractivity contribution < 1.29 is 4.79 Å². The number of likely N-dealkylation sites (N-methyl/N-ethyl adjacent to an activating group) is 1. The van der Waals surface area contributed by atoms with Gasteiger partial charge in [-0.15, -0.1) is 0 Å². The fourth-order valence-electron chi connectivity index (χ4n) is 2.28. The molecule has 1 N–H and O–H groups in total. The van der Waals surface area contributed by atoms with Crippen LogP contribution in [-0.4, -0.2) is 30.0 Å². The third-order valence-electron chi connectivity index (χ3n) is 3.43. The zero-order chi connectivity index (χ0) is 12.3. The number of piperidine rings is 1. The second-order valence-electron chi connectivity index (χ2n) is 4.79. The number of carbonyl (C=O) groups excluding carboxylic acids is 1. The molecule has 1 saturated heterocycles. The number of pyridine rings is 1. The number of nitrogens with zero attached hydrogens (tertiary/aromatic N) is 2. The van der Waals surface area contributed by atoms with Crippen molar-refractivity contribution in [1.82, 2.24) is 10.3 Å². The highest BCUT2D eigenvalue weighted by Crippen LogP contribution is 2.23. The number of aromatic nitrogens is 1. The van der Waals surface area contributed by atoms with Gasteiger partial charge in [0.05, 0.1) is 17.4 Å². The maximum Gasteiger partial charge on any atom is 0.246 e. The molecule has 1 fully saturated rings. The van der Waals surface area contributed by atoms with Crippen molar-refractivity contribution in [2.24, 2.45) is 0 Å². The Labute approximate surface area is 102 Å². The minimum atomic E-state index is -0.428. The lowest BCUT2D eigenvalue weighted by molar-refractivity contribution is -0.124. The van der Waals surface area contributed by atoms with Gasteiger partial charge in [-0.3, -0.25) is 9.78 Å². The third-order valence-corrected chi connectivity index (χ3v) is 3.43. The fourth-order valence-corrected chi connectivity index (χ4v) is 2.28. The predicted octanol–water partition coefficient (Wildman–Crippen LogP) is 1.58. The Kier molecular flexibility index (Phi) is 3.43. The Morgan fingerprint density at radius 3 is 2.94 bits per heavy atom. The van der Waals surface area contributed by atoms with Crippen LogP contribution in [0.15, 0.2) is 24.5 Å². The first kappa shape index (κ1) is 12.0. The van der Waals surface area contributed by atoms with Crippen molar-refractivity contribution in [2.75, 3.05) is 18.5 Å². The van der Waals surface area contributed by atoms with E-state index in [0.29, 0.717) is 0 Å². The Morgan fingerprint density at radius 1 is 1.53 bits per heavy atom. The van der Waals surface area contributed by atoms with Gasteiger partial charge in [0.1, 0.15) is 0 Å². The molecule has 1 aromatic rings. The molecule has 0 radical (unpaired) electrons. The maximum atomic E-state index is 12.5. The summed E-state index contributed by atoms with van der Waals surface area (Å²) in [6, 6.07) is 3.74. The Hall–Kier alpha value is -1.42. The summed E-state index contributed by atoms with van der Waals surface area (Å²) in [5.41, 5.74) is 0.411. The molecule has 2 heterocycles. The molecule has 2 rings (SSSR count). The van der Waals surface area contributed by atoms with E-state index in [0.717, 1.165) is 31.5 Å². The molecule has 1 unspecified atom stereocenters. The molecule has 1 amide bonds. The number of hydrogen-bond donors (Lipinski definition) is 1. The molecule has 0 aromatic carbocycles. The molecule has 4 heteroatoms. The van der Waals surface area contributed by atoms with E-state index in [2.05, 4.69) is 10.3 Å². The first-order chi connectivity index (χ1) is 8.13. The molecule has 17 heavy (non-hydrogen) atoms. The SMILES string of the molecule is CN(C(=O)C1(C)CCCCN1)c1cccnc1. The van der Waals surface area contributed by atoms with Crippen LogP contribution in [0.4, 0.5) is 5.69 Å². The monoisotopic (exact) mass is 233 g/mol. The van der Waals surface area contributed by atoms with Gasteiger partial charge in [-0.2, -0.15) is 0 Å². The van der Waals surface area contributed by atoms with Gasteiger partial charge in [0.15, 0.2) is 0 Å². The van der Waals surface area contributed by atoms with Gasteiger partial charge in [0, 0.05) is 13.2 Å². The second-order valence-corrected chi connectivity index (χ2v) is 4.79. The van der Waals surface area contributed by atoms with Crippen LogP contribution >= 0.6 is 0 Å². The molecular formula is C13H19N3O. The van der Waals surface area contributed by atoms with E-state index in [1.54, 1.807) is 24.3 Å². The lowest BCUT2D eigenvalue weighted by Gasteiger charge is -2.36. The fraction of sp³-hybridized carbons (Fsp3) is 0.538.